The molecule has 0 heterocycles. The van der Waals surface area contributed by atoms with Crippen LogP contribution in [0.1, 0.15) is 39.0 Å². The molecule has 0 aromatic carbocycles. The topological polar surface area (TPSA) is 32.3 Å². The Morgan fingerprint density at radius 3 is 2.55 bits per heavy atom. The summed E-state index contributed by atoms with van der Waals surface area (Å²) < 4.78 is 0. The van der Waals surface area contributed by atoms with Gasteiger partial charge in [-0.1, -0.05) is 26.2 Å². The molecule has 0 aromatic rings. The van der Waals surface area contributed by atoms with Crippen LogP contribution in [0.5, 0.6) is 0 Å². The molecular weight excluding hydrogens is 138 g/mol. The van der Waals surface area contributed by atoms with E-state index in [9.17, 15) is 5.11 Å². The fourth-order valence-corrected chi connectivity index (χ4v) is 1.09. The van der Waals surface area contributed by atoms with Crippen LogP contribution in [-0.4, -0.2) is 24.8 Å². The van der Waals surface area contributed by atoms with Gasteiger partial charge in [0.15, 0.2) is 0 Å². The van der Waals surface area contributed by atoms with Crippen molar-refractivity contribution in [1.29, 1.82) is 0 Å². The van der Waals surface area contributed by atoms with E-state index in [2.05, 4.69) is 12.2 Å². The molecule has 2 N–H and O–H groups in total. The first-order valence-electron chi connectivity index (χ1n) is 4.64. The van der Waals surface area contributed by atoms with E-state index in [0.29, 0.717) is 0 Å². The van der Waals surface area contributed by atoms with Gasteiger partial charge >= 0.3 is 0 Å². The molecule has 2 nitrogen and oxygen atoms in total. The summed E-state index contributed by atoms with van der Waals surface area (Å²) in [6.07, 6.45) is 5.42. The highest BCUT2D eigenvalue weighted by Crippen LogP contribution is 2.05. The van der Waals surface area contributed by atoms with Crippen LogP contribution < -0.4 is 5.32 Å². The third kappa shape index (κ3) is 7.82. The van der Waals surface area contributed by atoms with Crippen LogP contribution in [-0.2, 0) is 0 Å². The van der Waals surface area contributed by atoms with Crippen LogP contribution in [0.15, 0.2) is 0 Å². The number of rotatable bonds is 7. The molecule has 0 radical (unpaired) electrons. The minimum Gasteiger partial charge on any atom is -0.393 e. The van der Waals surface area contributed by atoms with Gasteiger partial charge < -0.3 is 10.4 Å². The fourth-order valence-electron chi connectivity index (χ4n) is 1.09. The fraction of sp³-hybridized carbons (Fsp3) is 1.00. The van der Waals surface area contributed by atoms with Gasteiger partial charge in [0.2, 0.25) is 0 Å². The first-order valence-corrected chi connectivity index (χ1v) is 4.64. The van der Waals surface area contributed by atoms with Gasteiger partial charge in [-0.05, 0) is 26.4 Å². The van der Waals surface area contributed by atoms with Crippen LogP contribution in [0, 0.1) is 0 Å². The second kappa shape index (κ2) is 8.02. The molecule has 0 aromatic heterocycles. The Balaban J connectivity index is 3.02. The van der Waals surface area contributed by atoms with Gasteiger partial charge in [0.25, 0.3) is 0 Å². The summed E-state index contributed by atoms with van der Waals surface area (Å²) >= 11 is 0. The molecule has 0 saturated heterocycles. The molecule has 1 atom stereocenters. The quantitative estimate of drug-likeness (QED) is 0.552. The van der Waals surface area contributed by atoms with E-state index < -0.39 is 0 Å². The SMILES string of the molecule is CCCCC[C@H](O)CCNC. The highest BCUT2D eigenvalue weighted by Gasteiger charge is 2.01. The third-order valence-electron chi connectivity index (χ3n) is 1.87. The molecule has 0 rings (SSSR count). The summed E-state index contributed by atoms with van der Waals surface area (Å²) in [5, 5.41) is 12.4. The Labute approximate surface area is 70.0 Å². The average Bonchev–Trinajstić information content (AvgIpc) is 2.01. The number of nitrogens with one attached hydrogen (secondary N) is 1. The monoisotopic (exact) mass is 159 g/mol. The largest absolute Gasteiger partial charge is 0.393 e. The van der Waals surface area contributed by atoms with Crippen molar-refractivity contribution in [1.82, 2.24) is 5.32 Å². The van der Waals surface area contributed by atoms with E-state index in [1.165, 1.54) is 19.3 Å². The summed E-state index contributed by atoms with van der Waals surface area (Å²) in [6.45, 7) is 3.10. The van der Waals surface area contributed by atoms with Crippen molar-refractivity contribution >= 4 is 0 Å². The van der Waals surface area contributed by atoms with Crippen molar-refractivity contribution in [2.24, 2.45) is 0 Å². The molecule has 0 spiro atoms. The Hall–Kier alpha value is -0.0800. The Morgan fingerprint density at radius 2 is 2.00 bits per heavy atom. The molecule has 2 heteroatoms. The average molecular weight is 159 g/mol. The first-order chi connectivity index (χ1) is 5.31. The van der Waals surface area contributed by atoms with Gasteiger partial charge in [0, 0.05) is 0 Å². The van der Waals surface area contributed by atoms with Gasteiger partial charge in [-0.25, -0.2) is 0 Å². The maximum absolute atomic E-state index is 9.37. The lowest BCUT2D eigenvalue weighted by Crippen LogP contribution is -2.16. The van der Waals surface area contributed by atoms with Crippen molar-refractivity contribution in [3.63, 3.8) is 0 Å². The van der Waals surface area contributed by atoms with Crippen LogP contribution >= 0.6 is 0 Å². The molecule has 0 aliphatic rings. The second-order valence-electron chi connectivity index (χ2n) is 3.04. The summed E-state index contributed by atoms with van der Waals surface area (Å²) in [7, 11) is 1.92. The molecule has 0 aliphatic heterocycles. The number of aliphatic hydroxyl groups excluding tert-OH is 1. The Kier molecular flexibility index (Phi) is 7.96. The van der Waals surface area contributed by atoms with E-state index in [0.717, 1.165) is 19.4 Å². The van der Waals surface area contributed by atoms with Gasteiger partial charge in [-0.15, -0.1) is 0 Å². The molecule has 68 valence electrons. The third-order valence-corrected chi connectivity index (χ3v) is 1.87. The Morgan fingerprint density at radius 1 is 1.27 bits per heavy atom. The number of aliphatic hydroxyl groups is 1. The van der Waals surface area contributed by atoms with Gasteiger partial charge in [-0.3, -0.25) is 0 Å². The molecule has 0 saturated carbocycles. The minimum atomic E-state index is -0.0889. The van der Waals surface area contributed by atoms with E-state index >= 15 is 0 Å². The zero-order valence-corrected chi connectivity index (χ0v) is 7.77. The van der Waals surface area contributed by atoms with Crippen molar-refractivity contribution in [2.75, 3.05) is 13.6 Å². The molecule has 0 bridgehead atoms. The highest BCUT2D eigenvalue weighted by atomic mass is 16.3. The number of hydrogen-bond acceptors (Lipinski definition) is 2. The maximum atomic E-state index is 9.37. The highest BCUT2D eigenvalue weighted by molar-refractivity contribution is 4.56. The van der Waals surface area contributed by atoms with Crippen LogP contribution in [0.25, 0.3) is 0 Å². The molecular formula is C9H21NO. The molecule has 0 unspecified atom stereocenters. The van der Waals surface area contributed by atoms with Crippen molar-refractivity contribution in [2.45, 2.75) is 45.1 Å². The smallest absolute Gasteiger partial charge is 0.0552 e. The van der Waals surface area contributed by atoms with Crippen LogP contribution in [0.2, 0.25) is 0 Å². The number of hydrogen-bond donors (Lipinski definition) is 2. The van der Waals surface area contributed by atoms with Gasteiger partial charge in [-0.2, -0.15) is 0 Å². The van der Waals surface area contributed by atoms with Crippen LogP contribution in [0.3, 0.4) is 0 Å². The van der Waals surface area contributed by atoms with E-state index in [4.69, 9.17) is 0 Å². The zero-order valence-electron chi connectivity index (χ0n) is 7.77. The predicted molar refractivity (Wildman–Crippen MR) is 48.7 cm³/mol. The number of unbranched alkanes of at least 4 members (excludes halogenated alkanes) is 2. The Bertz CT molecular complexity index is 76.0. The lowest BCUT2D eigenvalue weighted by molar-refractivity contribution is 0.151. The predicted octanol–water partition coefficient (Wildman–Crippen LogP) is 1.54. The summed E-state index contributed by atoms with van der Waals surface area (Å²) in [6, 6.07) is 0. The lowest BCUT2D eigenvalue weighted by atomic mass is 10.1. The van der Waals surface area contributed by atoms with E-state index in [-0.39, 0.29) is 6.10 Å². The van der Waals surface area contributed by atoms with Crippen molar-refractivity contribution < 1.29 is 5.11 Å². The molecule has 0 aliphatic carbocycles. The summed E-state index contributed by atoms with van der Waals surface area (Å²) in [5.41, 5.74) is 0. The van der Waals surface area contributed by atoms with Crippen LogP contribution in [0.4, 0.5) is 0 Å². The van der Waals surface area contributed by atoms with E-state index in [1.807, 2.05) is 7.05 Å². The van der Waals surface area contributed by atoms with Gasteiger partial charge in [0.05, 0.1) is 6.10 Å². The lowest BCUT2D eigenvalue weighted by Gasteiger charge is -2.08. The van der Waals surface area contributed by atoms with Gasteiger partial charge in [0.1, 0.15) is 0 Å². The van der Waals surface area contributed by atoms with Crippen molar-refractivity contribution in [3.8, 4) is 0 Å². The summed E-state index contributed by atoms with van der Waals surface area (Å²) in [5.74, 6) is 0. The van der Waals surface area contributed by atoms with Crippen molar-refractivity contribution in [3.05, 3.63) is 0 Å². The minimum absolute atomic E-state index is 0.0889. The molecule has 0 amide bonds. The first kappa shape index (κ1) is 10.9. The zero-order chi connectivity index (χ0) is 8.53. The second-order valence-corrected chi connectivity index (χ2v) is 3.04. The molecule has 0 fully saturated rings. The molecule has 11 heavy (non-hydrogen) atoms. The standard InChI is InChI=1S/C9H21NO/c1-3-4-5-6-9(11)7-8-10-2/h9-11H,3-8H2,1-2H3/t9-/m0/s1. The summed E-state index contributed by atoms with van der Waals surface area (Å²) in [4.78, 5) is 0. The normalized spacial score (nSPS) is 13.4. The van der Waals surface area contributed by atoms with E-state index in [1.54, 1.807) is 0 Å². The maximum Gasteiger partial charge on any atom is 0.0552 e.